The predicted molar refractivity (Wildman–Crippen MR) is 105 cm³/mol. The fourth-order valence-electron chi connectivity index (χ4n) is 3.23. The lowest BCUT2D eigenvalue weighted by atomic mass is 10.1. The predicted octanol–water partition coefficient (Wildman–Crippen LogP) is 8.00. The second kappa shape index (κ2) is 7.90. The molecule has 1 N–H and O–H groups in total. The van der Waals surface area contributed by atoms with Crippen LogP contribution in [0.5, 0.6) is 0 Å². The minimum absolute atomic E-state index is 0.00562. The molecule has 2 heterocycles. The number of aromatic nitrogens is 3. The number of pyridine rings is 1. The Morgan fingerprint density at radius 2 is 1.29 bits per heavy atom. The number of imidazole rings is 1. The number of hydrogen-bond donors (Lipinski definition) is 1. The van der Waals surface area contributed by atoms with Gasteiger partial charge < -0.3 is 4.98 Å². The summed E-state index contributed by atoms with van der Waals surface area (Å²) in [5.74, 6) is -0.141. The quantitative estimate of drug-likeness (QED) is 0.278. The molecule has 0 unspecified atom stereocenters. The number of alkyl halides is 9. The second-order valence-electron chi connectivity index (χ2n) is 7.13. The van der Waals surface area contributed by atoms with Crippen LogP contribution in [0.4, 0.5) is 39.5 Å². The standard InChI is InChI=1S/C21H9ClF9N3/c22-14-6-12(20(26,27)28)8-32-16(14)9-1-3-10(4-2-9)18-33-15-7-11(19(23,24)25)5-13(17(15)34-18)21(29,30)31/h1-8H,(H,33,34). The Labute approximate surface area is 189 Å². The summed E-state index contributed by atoms with van der Waals surface area (Å²) in [6, 6.07) is 6.71. The molecule has 2 aromatic carbocycles. The summed E-state index contributed by atoms with van der Waals surface area (Å²) in [4.78, 5) is 9.98. The molecule has 3 nitrogen and oxygen atoms in total. The van der Waals surface area contributed by atoms with Gasteiger partial charge in [0, 0.05) is 17.3 Å². The number of hydrogen-bond acceptors (Lipinski definition) is 2. The van der Waals surface area contributed by atoms with Crippen LogP contribution in [0.1, 0.15) is 16.7 Å². The van der Waals surface area contributed by atoms with E-state index in [-0.39, 0.29) is 28.2 Å². The zero-order chi connectivity index (χ0) is 25.1. The zero-order valence-corrected chi connectivity index (χ0v) is 17.0. The maximum atomic E-state index is 13.4. The van der Waals surface area contributed by atoms with Gasteiger partial charge in [0.2, 0.25) is 0 Å². The first-order valence-corrected chi connectivity index (χ1v) is 9.54. The zero-order valence-electron chi connectivity index (χ0n) is 16.3. The molecular weight excluding hydrogens is 501 g/mol. The van der Waals surface area contributed by atoms with E-state index >= 15 is 0 Å². The fraction of sp³-hybridized carbons (Fsp3) is 0.143. The Balaban J connectivity index is 1.75. The number of rotatable bonds is 2. The summed E-state index contributed by atoms with van der Waals surface area (Å²) in [5.41, 5.74) is -4.67. The van der Waals surface area contributed by atoms with Crippen molar-refractivity contribution in [2.24, 2.45) is 0 Å². The van der Waals surface area contributed by atoms with Gasteiger partial charge in [-0.15, -0.1) is 0 Å². The van der Waals surface area contributed by atoms with Gasteiger partial charge in [-0.05, 0) is 18.2 Å². The molecular formula is C21H9ClF9N3. The average molecular weight is 510 g/mol. The van der Waals surface area contributed by atoms with Crippen molar-refractivity contribution in [2.45, 2.75) is 18.5 Å². The van der Waals surface area contributed by atoms with E-state index in [0.29, 0.717) is 23.9 Å². The molecule has 0 atom stereocenters. The summed E-state index contributed by atoms with van der Waals surface area (Å²) >= 11 is 5.91. The number of nitrogens with zero attached hydrogens (tertiary/aromatic N) is 2. The van der Waals surface area contributed by atoms with Crippen LogP contribution in [0.2, 0.25) is 5.02 Å². The third-order valence-corrected chi connectivity index (χ3v) is 5.11. The lowest BCUT2D eigenvalue weighted by molar-refractivity contribution is -0.142. The van der Waals surface area contributed by atoms with Crippen LogP contribution in [0.3, 0.4) is 0 Å². The number of halogens is 10. The number of nitrogens with one attached hydrogen (secondary N) is 1. The van der Waals surface area contributed by atoms with Gasteiger partial charge in [0.15, 0.2) is 0 Å². The Morgan fingerprint density at radius 1 is 0.706 bits per heavy atom. The third-order valence-electron chi connectivity index (χ3n) is 4.83. The van der Waals surface area contributed by atoms with Gasteiger partial charge in [0.25, 0.3) is 0 Å². The first-order chi connectivity index (χ1) is 15.6. The summed E-state index contributed by atoms with van der Waals surface area (Å²) in [5, 5.41) is -0.277. The van der Waals surface area contributed by atoms with Gasteiger partial charge in [0.1, 0.15) is 5.82 Å². The van der Waals surface area contributed by atoms with Crippen molar-refractivity contribution in [2.75, 3.05) is 0 Å². The lowest BCUT2D eigenvalue weighted by Gasteiger charge is -2.12. The SMILES string of the molecule is FC(F)(F)c1cnc(-c2ccc(-c3nc4cc(C(F)(F)F)cc(C(F)(F)F)c4[nH]3)cc2)c(Cl)c1. The molecule has 34 heavy (non-hydrogen) atoms. The van der Waals surface area contributed by atoms with Crippen molar-refractivity contribution >= 4 is 22.6 Å². The first-order valence-electron chi connectivity index (χ1n) is 9.16. The van der Waals surface area contributed by atoms with Gasteiger partial charge in [-0.25, -0.2) is 4.98 Å². The maximum Gasteiger partial charge on any atom is 0.418 e. The first kappa shape index (κ1) is 23.9. The molecule has 0 spiro atoms. The van der Waals surface area contributed by atoms with Crippen molar-refractivity contribution in [3.63, 3.8) is 0 Å². The number of H-pyrrole nitrogens is 1. The average Bonchev–Trinajstić information content (AvgIpc) is 3.15. The highest BCUT2D eigenvalue weighted by atomic mass is 35.5. The summed E-state index contributed by atoms with van der Waals surface area (Å²) in [6.45, 7) is 0. The third kappa shape index (κ3) is 4.54. The monoisotopic (exact) mass is 509 g/mol. The van der Waals surface area contributed by atoms with E-state index in [2.05, 4.69) is 15.0 Å². The van der Waals surface area contributed by atoms with Crippen LogP contribution in [0, 0.1) is 0 Å². The Morgan fingerprint density at radius 3 is 1.82 bits per heavy atom. The van der Waals surface area contributed by atoms with E-state index in [1.165, 1.54) is 24.3 Å². The van der Waals surface area contributed by atoms with Crippen molar-refractivity contribution in [3.05, 3.63) is 70.4 Å². The highest BCUT2D eigenvalue weighted by Gasteiger charge is 2.39. The van der Waals surface area contributed by atoms with E-state index in [1.54, 1.807) is 0 Å². The molecule has 0 radical (unpaired) electrons. The molecule has 4 rings (SSSR count). The lowest BCUT2D eigenvalue weighted by Crippen LogP contribution is -2.11. The molecule has 0 aliphatic carbocycles. The van der Waals surface area contributed by atoms with Crippen LogP contribution in [0.15, 0.2) is 48.7 Å². The molecule has 0 fully saturated rings. The van der Waals surface area contributed by atoms with Gasteiger partial charge in [-0.3, -0.25) is 4.98 Å². The van der Waals surface area contributed by atoms with E-state index in [0.717, 1.165) is 0 Å². The van der Waals surface area contributed by atoms with Crippen LogP contribution in [-0.2, 0) is 18.5 Å². The van der Waals surface area contributed by atoms with Crippen molar-refractivity contribution in [1.82, 2.24) is 15.0 Å². The Hall–Kier alpha value is -3.28. The van der Waals surface area contributed by atoms with E-state index in [4.69, 9.17) is 11.6 Å². The maximum absolute atomic E-state index is 13.4. The molecule has 0 saturated heterocycles. The van der Waals surface area contributed by atoms with Gasteiger partial charge >= 0.3 is 18.5 Å². The van der Waals surface area contributed by atoms with Gasteiger partial charge in [0.05, 0.1) is 38.4 Å². The summed E-state index contributed by atoms with van der Waals surface area (Å²) in [6.07, 6.45) is -14.1. The molecule has 13 heteroatoms. The molecule has 0 bridgehead atoms. The smallest absolute Gasteiger partial charge is 0.337 e. The van der Waals surface area contributed by atoms with E-state index in [9.17, 15) is 39.5 Å². The van der Waals surface area contributed by atoms with E-state index in [1.807, 2.05) is 0 Å². The molecule has 0 aliphatic rings. The number of fused-ring (bicyclic) bond motifs is 1. The minimum Gasteiger partial charge on any atom is -0.337 e. The van der Waals surface area contributed by atoms with E-state index < -0.39 is 46.3 Å². The topological polar surface area (TPSA) is 41.6 Å². The van der Waals surface area contributed by atoms with Crippen molar-refractivity contribution in [3.8, 4) is 22.6 Å². The van der Waals surface area contributed by atoms with Gasteiger partial charge in [-0.2, -0.15) is 39.5 Å². The van der Waals surface area contributed by atoms with Crippen LogP contribution < -0.4 is 0 Å². The minimum atomic E-state index is -5.07. The largest absolute Gasteiger partial charge is 0.418 e. The normalized spacial score (nSPS) is 13.0. The van der Waals surface area contributed by atoms with Crippen molar-refractivity contribution in [1.29, 1.82) is 0 Å². The van der Waals surface area contributed by atoms with Crippen LogP contribution >= 0.6 is 11.6 Å². The van der Waals surface area contributed by atoms with Crippen LogP contribution in [0.25, 0.3) is 33.7 Å². The highest BCUT2D eigenvalue weighted by Crippen LogP contribution is 2.40. The molecule has 4 aromatic rings. The number of aromatic amines is 1. The molecule has 0 amide bonds. The van der Waals surface area contributed by atoms with Gasteiger partial charge in [-0.1, -0.05) is 35.9 Å². The molecule has 178 valence electrons. The highest BCUT2D eigenvalue weighted by molar-refractivity contribution is 6.33. The molecule has 0 saturated carbocycles. The summed E-state index contributed by atoms with van der Waals surface area (Å²) < 4.78 is 118. The number of benzene rings is 2. The Bertz CT molecular complexity index is 1370. The van der Waals surface area contributed by atoms with Crippen LogP contribution in [-0.4, -0.2) is 15.0 Å². The summed E-state index contributed by atoms with van der Waals surface area (Å²) in [7, 11) is 0. The Kier molecular flexibility index (Phi) is 5.54. The van der Waals surface area contributed by atoms with Crippen molar-refractivity contribution < 1.29 is 39.5 Å². The molecule has 0 aliphatic heterocycles. The molecule has 2 aromatic heterocycles. The second-order valence-corrected chi connectivity index (χ2v) is 7.54. The fourth-order valence-corrected chi connectivity index (χ4v) is 3.50.